The zero-order valence-electron chi connectivity index (χ0n) is 17.1. The number of hydroxylamine groups is 1. The Morgan fingerprint density at radius 1 is 1.16 bits per heavy atom. The van der Waals surface area contributed by atoms with Crippen LogP contribution < -0.4 is 10.4 Å². The summed E-state index contributed by atoms with van der Waals surface area (Å²) in [5, 5.41) is 8.42. The van der Waals surface area contributed by atoms with Gasteiger partial charge in [0.2, 0.25) is 0 Å². The number of urea groups is 1. The molecule has 3 rings (SSSR count). The molecule has 1 fully saturated rings. The number of hydrogen-bond acceptors (Lipinski definition) is 3. The molecule has 1 saturated heterocycles. The molecule has 2 N–H and O–H groups in total. The van der Waals surface area contributed by atoms with Crippen LogP contribution in [0.1, 0.15) is 36.5 Å². The van der Waals surface area contributed by atoms with Crippen molar-refractivity contribution >= 4 is 23.3 Å². The predicted octanol–water partition coefficient (Wildman–Crippen LogP) is 5.70. The zero-order chi connectivity index (χ0) is 22.6. The number of carbonyl (C=O) groups excluding carboxylic acids is 1. The number of alkyl halides is 3. The number of rotatable bonds is 5. The Labute approximate surface area is 184 Å². The maximum Gasteiger partial charge on any atom is 0.417 e. The molecule has 0 atom stereocenters. The monoisotopic (exact) mass is 455 g/mol. The molecule has 2 amide bonds. The van der Waals surface area contributed by atoms with Crippen LogP contribution >= 0.6 is 11.6 Å². The fraction of sp³-hybridized carbons (Fsp3) is 0.409. The highest BCUT2D eigenvalue weighted by Crippen LogP contribution is 2.37. The first kappa shape index (κ1) is 23.4. The molecule has 0 unspecified atom stereocenters. The number of piperidine rings is 1. The molecular weight excluding hydrogens is 431 g/mol. The molecule has 31 heavy (non-hydrogen) atoms. The summed E-state index contributed by atoms with van der Waals surface area (Å²) >= 11 is 5.78. The highest BCUT2D eigenvalue weighted by molar-refractivity contribution is 6.31. The third-order valence-corrected chi connectivity index (χ3v) is 5.83. The maximum atomic E-state index is 13.4. The number of nitrogens with zero attached hydrogens (tertiary/aromatic N) is 2. The van der Waals surface area contributed by atoms with Crippen molar-refractivity contribution in [1.29, 1.82) is 0 Å². The van der Waals surface area contributed by atoms with Gasteiger partial charge in [0.1, 0.15) is 0 Å². The summed E-state index contributed by atoms with van der Waals surface area (Å²) in [6.45, 7) is 3.63. The van der Waals surface area contributed by atoms with E-state index in [9.17, 15) is 18.0 Å². The average molecular weight is 456 g/mol. The molecule has 2 aromatic carbocycles. The zero-order valence-corrected chi connectivity index (χ0v) is 17.9. The molecule has 0 saturated carbocycles. The van der Waals surface area contributed by atoms with E-state index in [0.29, 0.717) is 19.0 Å². The highest BCUT2D eigenvalue weighted by atomic mass is 35.5. The van der Waals surface area contributed by atoms with Crippen LogP contribution in [-0.2, 0) is 19.3 Å². The van der Waals surface area contributed by atoms with E-state index in [1.54, 1.807) is 29.2 Å². The van der Waals surface area contributed by atoms with Gasteiger partial charge in [0.15, 0.2) is 0 Å². The van der Waals surface area contributed by atoms with E-state index in [1.165, 1.54) is 17.0 Å². The first-order valence-electron chi connectivity index (χ1n) is 10.1. The van der Waals surface area contributed by atoms with Crippen molar-refractivity contribution in [2.45, 2.75) is 39.0 Å². The van der Waals surface area contributed by atoms with E-state index in [0.717, 1.165) is 30.0 Å². The second-order valence-corrected chi connectivity index (χ2v) is 8.26. The molecule has 0 spiro atoms. The summed E-state index contributed by atoms with van der Waals surface area (Å²) in [6, 6.07) is 10.3. The van der Waals surface area contributed by atoms with E-state index in [2.05, 4.69) is 12.4 Å². The Morgan fingerprint density at radius 3 is 2.35 bits per heavy atom. The highest BCUT2D eigenvalue weighted by Gasteiger charge is 2.35. The van der Waals surface area contributed by atoms with Crippen molar-refractivity contribution in [2.75, 3.05) is 18.0 Å². The summed E-state index contributed by atoms with van der Waals surface area (Å²) in [7, 11) is 0. The van der Waals surface area contributed by atoms with Crippen molar-refractivity contribution in [3.63, 3.8) is 0 Å². The summed E-state index contributed by atoms with van der Waals surface area (Å²) in [5.74, 6) is 0.512. The fourth-order valence-electron chi connectivity index (χ4n) is 3.57. The number of hydrogen-bond donors (Lipinski definition) is 2. The third-order valence-electron chi connectivity index (χ3n) is 5.50. The van der Waals surface area contributed by atoms with Gasteiger partial charge in [0.05, 0.1) is 17.1 Å². The number of benzene rings is 2. The largest absolute Gasteiger partial charge is 0.417 e. The van der Waals surface area contributed by atoms with Gasteiger partial charge in [0.25, 0.3) is 0 Å². The average Bonchev–Trinajstić information content (AvgIpc) is 2.73. The summed E-state index contributed by atoms with van der Waals surface area (Å²) in [4.78, 5) is 16.4. The van der Waals surface area contributed by atoms with E-state index in [-0.39, 0.29) is 24.8 Å². The minimum absolute atomic E-state index is 0.108. The van der Waals surface area contributed by atoms with Crippen LogP contribution in [0.4, 0.5) is 23.7 Å². The standard InChI is InChI=1S/C22H25ClF3N3O2/c1-15-8-10-28(11-9-15)21(30)29(14-17-4-2-16(3-5-17)13-27-31)18-6-7-20(23)19(12-18)22(24,25)26/h2-7,12,15,27,31H,8-11,13-14H2,1H3. The first-order chi connectivity index (χ1) is 14.7. The molecule has 0 aromatic heterocycles. The Kier molecular flexibility index (Phi) is 7.46. The first-order valence-corrected chi connectivity index (χ1v) is 10.4. The SMILES string of the molecule is CC1CCN(C(=O)N(Cc2ccc(CNO)cc2)c2ccc(Cl)c(C(F)(F)F)c2)CC1. The number of likely N-dealkylation sites (tertiary alicyclic amines) is 1. The molecule has 168 valence electrons. The van der Waals surface area contributed by atoms with Gasteiger partial charge in [-0.15, -0.1) is 0 Å². The van der Waals surface area contributed by atoms with Gasteiger partial charge in [-0.05, 0) is 48.1 Å². The summed E-state index contributed by atoms with van der Waals surface area (Å²) in [6.07, 6.45) is -2.91. The number of carbonyl (C=O) groups is 1. The van der Waals surface area contributed by atoms with Gasteiger partial charge in [-0.1, -0.05) is 42.8 Å². The summed E-state index contributed by atoms with van der Waals surface area (Å²) in [5.41, 5.74) is 2.83. The minimum Gasteiger partial charge on any atom is -0.324 e. The molecule has 1 heterocycles. The Bertz CT molecular complexity index is 898. The van der Waals surface area contributed by atoms with Crippen LogP contribution in [0.15, 0.2) is 42.5 Å². The molecule has 2 aromatic rings. The Morgan fingerprint density at radius 2 is 1.77 bits per heavy atom. The van der Waals surface area contributed by atoms with Gasteiger partial charge in [-0.3, -0.25) is 4.90 Å². The molecular formula is C22H25ClF3N3O2. The van der Waals surface area contributed by atoms with Crippen LogP contribution in [0.2, 0.25) is 5.02 Å². The predicted molar refractivity (Wildman–Crippen MR) is 113 cm³/mol. The van der Waals surface area contributed by atoms with Gasteiger partial charge in [-0.25, -0.2) is 10.3 Å². The van der Waals surface area contributed by atoms with Crippen LogP contribution in [0.25, 0.3) is 0 Å². The molecule has 1 aliphatic heterocycles. The molecule has 9 heteroatoms. The molecule has 0 bridgehead atoms. The molecule has 1 aliphatic rings. The van der Waals surface area contributed by atoms with Crippen LogP contribution in [0.3, 0.4) is 0 Å². The van der Waals surface area contributed by atoms with E-state index in [1.807, 2.05) is 0 Å². The molecule has 0 radical (unpaired) electrons. The lowest BCUT2D eigenvalue weighted by atomic mass is 9.99. The lowest BCUT2D eigenvalue weighted by molar-refractivity contribution is -0.137. The maximum absolute atomic E-state index is 13.4. The van der Waals surface area contributed by atoms with Crippen molar-refractivity contribution in [3.8, 4) is 0 Å². The van der Waals surface area contributed by atoms with Gasteiger partial charge < -0.3 is 10.1 Å². The topological polar surface area (TPSA) is 55.8 Å². The lowest BCUT2D eigenvalue weighted by Crippen LogP contribution is -2.46. The van der Waals surface area contributed by atoms with Crippen LogP contribution in [-0.4, -0.2) is 29.2 Å². The van der Waals surface area contributed by atoms with E-state index < -0.39 is 16.8 Å². The minimum atomic E-state index is -4.62. The summed E-state index contributed by atoms with van der Waals surface area (Å²) < 4.78 is 40.2. The van der Waals surface area contributed by atoms with Crippen LogP contribution in [0, 0.1) is 5.92 Å². The molecule has 0 aliphatic carbocycles. The molecule has 5 nitrogen and oxygen atoms in total. The van der Waals surface area contributed by atoms with Crippen molar-refractivity contribution in [1.82, 2.24) is 10.4 Å². The Hall–Kier alpha value is -2.29. The van der Waals surface area contributed by atoms with Crippen molar-refractivity contribution in [2.24, 2.45) is 5.92 Å². The van der Waals surface area contributed by atoms with Gasteiger partial charge >= 0.3 is 12.2 Å². The number of halogens is 4. The van der Waals surface area contributed by atoms with Gasteiger partial charge in [-0.2, -0.15) is 13.2 Å². The lowest BCUT2D eigenvalue weighted by Gasteiger charge is -2.35. The number of amides is 2. The van der Waals surface area contributed by atoms with Crippen molar-refractivity contribution < 1.29 is 23.2 Å². The quantitative estimate of drug-likeness (QED) is 0.569. The number of nitrogens with one attached hydrogen (secondary N) is 1. The van der Waals surface area contributed by atoms with E-state index in [4.69, 9.17) is 16.8 Å². The van der Waals surface area contributed by atoms with E-state index >= 15 is 0 Å². The van der Waals surface area contributed by atoms with Crippen molar-refractivity contribution in [3.05, 3.63) is 64.2 Å². The number of anilines is 1. The second-order valence-electron chi connectivity index (χ2n) is 7.85. The normalized spacial score (nSPS) is 15.2. The second kappa shape index (κ2) is 9.89. The van der Waals surface area contributed by atoms with Crippen LogP contribution in [0.5, 0.6) is 0 Å². The third kappa shape index (κ3) is 5.90. The smallest absolute Gasteiger partial charge is 0.324 e. The fourth-order valence-corrected chi connectivity index (χ4v) is 3.80. The van der Waals surface area contributed by atoms with Gasteiger partial charge in [0, 0.05) is 25.3 Å². The Balaban J connectivity index is 1.93.